The van der Waals surface area contributed by atoms with Gasteiger partial charge in [0.1, 0.15) is 0 Å². The Hall–Kier alpha value is 0.250. The third-order valence-electron chi connectivity index (χ3n) is 3.30. The van der Waals surface area contributed by atoms with E-state index in [0.29, 0.717) is 5.41 Å². The Morgan fingerprint density at radius 2 is 2.00 bits per heavy atom. The van der Waals surface area contributed by atoms with Gasteiger partial charge in [0.05, 0.1) is 0 Å². The van der Waals surface area contributed by atoms with E-state index in [0.717, 1.165) is 25.0 Å². The standard InChI is InChI=1S/C12H23ClO/c1-3-6-12(2,10-13)9-11-4-7-14-8-5-11/h11H,3-10H2,1-2H3. The maximum atomic E-state index is 6.08. The molecule has 0 radical (unpaired) electrons. The van der Waals surface area contributed by atoms with E-state index >= 15 is 0 Å². The van der Waals surface area contributed by atoms with Gasteiger partial charge in [-0.1, -0.05) is 20.3 Å². The highest BCUT2D eigenvalue weighted by atomic mass is 35.5. The van der Waals surface area contributed by atoms with Crippen LogP contribution in [0.1, 0.15) is 46.0 Å². The lowest BCUT2D eigenvalue weighted by molar-refractivity contribution is 0.0505. The van der Waals surface area contributed by atoms with Crippen LogP contribution in [0.5, 0.6) is 0 Å². The second-order valence-electron chi connectivity index (χ2n) is 4.95. The molecule has 0 aliphatic carbocycles. The van der Waals surface area contributed by atoms with E-state index in [2.05, 4.69) is 13.8 Å². The van der Waals surface area contributed by atoms with Gasteiger partial charge in [0.25, 0.3) is 0 Å². The number of hydrogen-bond acceptors (Lipinski definition) is 1. The van der Waals surface area contributed by atoms with Crippen molar-refractivity contribution in [1.82, 2.24) is 0 Å². The van der Waals surface area contributed by atoms with Gasteiger partial charge in [-0.05, 0) is 37.0 Å². The molecular weight excluding hydrogens is 196 g/mol. The zero-order valence-electron chi connectivity index (χ0n) is 9.52. The smallest absolute Gasteiger partial charge is 0.0468 e. The quantitative estimate of drug-likeness (QED) is 0.637. The second-order valence-corrected chi connectivity index (χ2v) is 5.22. The van der Waals surface area contributed by atoms with Crippen LogP contribution >= 0.6 is 11.6 Å². The van der Waals surface area contributed by atoms with Crippen LogP contribution in [-0.2, 0) is 4.74 Å². The van der Waals surface area contributed by atoms with Gasteiger partial charge in [-0.15, -0.1) is 11.6 Å². The first-order chi connectivity index (χ1) is 6.70. The second kappa shape index (κ2) is 5.97. The summed E-state index contributed by atoms with van der Waals surface area (Å²) in [6.45, 7) is 6.48. The van der Waals surface area contributed by atoms with Crippen molar-refractivity contribution < 1.29 is 4.74 Å². The first kappa shape index (κ1) is 12.3. The summed E-state index contributed by atoms with van der Waals surface area (Å²) in [5.41, 5.74) is 0.359. The molecule has 0 spiro atoms. The first-order valence-electron chi connectivity index (χ1n) is 5.84. The van der Waals surface area contributed by atoms with Gasteiger partial charge in [-0.2, -0.15) is 0 Å². The topological polar surface area (TPSA) is 9.23 Å². The minimum Gasteiger partial charge on any atom is -0.381 e. The monoisotopic (exact) mass is 218 g/mol. The van der Waals surface area contributed by atoms with Crippen LogP contribution < -0.4 is 0 Å². The molecule has 0 aromatic rings. The minimum absolute atomic E-state index is 0.359. The normalized spacial score (nSPS) is 23.4. The third-order valence-corrected chi connectivity index (χ3v) is 3.94. The van der Waals surface area contributed by atoms with Crippen LogP contribution in [0.4, 0.5) is 0 Å². The summed E-state index contributed by atoms with van der Waals surface area (Å²) in [5, 5.41) is 0. The molecule has 0 bridgehead atoms. The van der Waals surface area contributed by atoms with Crippen molar-refractivity contribution >= 4 is 11.6 Å². The minimum atomic E-state index is 0.359. The number of alkyl halides is 1. The van der Waals surface area contributed by atoms with Crippen LogP contribution in [0.3, 0.4) is 0 Å². The fourth-order valence-electron chi connectivity index (χ4n) is 2.47. The Kier molecular flexibility index (Phi) is 5.25. The van der Waals surface area contributed by atoms with E-state index < -0.39 is 0 Å². The van der Waals surface area contributed by atoms with E-state index in [1.807, 2.05) is 0 Å². The van der Waals surface area contributed by atoms with Gasteiger partial charge in [0, 0.05) is 19.1 Å². The Morgan fingerprint density at radius 1 is 1.36 bits per heavy atom. The van der Waals surface area contributed by atoms with Crippen LogP contribution in [0.15, 0.2) is 0 Å². The molecule has 84 valence electrons. The van der Waals surface area contributed by atoms with Crippen molar-refractivity contribution in [3.05, 3.63) is 0 Å². The van der Waals surface area contributed by atoms with Crippen molar-refractivity contribution in [3.63, 3.8) is 0 Å². The highest BCUT2D eigenvalue weighted by Crippen LogP contribution is 2.35. The summed E-state index contributed by atoms with van der Waals surface area (Å²) in [5.74, 6) is 1.65. The Bertz CT molecular complexity index is 154. The number of rotatable bonds is 5. The molecule has 14 heavy (non-hydrogen) atoms. The van der Waals surface area contributed by atoms with Crippen LogP contribution in [0, 0.1) is 11.3 Å². The van der Waals surface area contributed by atoms with Gasteiger partial charge in [0.15, 0.2) is 0 Å². The molecule has 2 heteroatoms. The number of ether oxygens (including phenoxy) is 1. The Labute approximate surface area is 93.2 Å². The first-order valence-corrected chi connectivity index (χ1v) is 6.37. The SMILES string of the molecule is CCCC(C)(CCl)CC1CCOCC1. The van der Waals surface area contributed by atoms with Crippen LogP contribution in [0.2, 0.25) is 0 Å². The molecule has 0 aromatic carbocycles. The lowest BCUT2D eigenvalue weighted by atomic mass is 9.77. The van der Waals surface area contributed by atoms with Crippen LogP contribution in [-0.4, -0.2) is 19.1 Å². The molecule has 1 saturated heterocycles. The zero-order chi connectivity index (χ0) is 10.4. The van der Waals surface area contributed by atoms with Crippen molar-refractivity contribution in [2.24, 2.45) is 11.3 Å². The third kappa shape index (κ3) is 3.78. The molecule has 1 fully saturated rings. The molecule has 0 aromatic heterocycles. The van der Waals surface area contributed by atoms with Gasteiger partial charge >= 0.3 is 0 Å². The molecule has 1 heterocycles. The molecule has 1 unspecified atom stereocenters. The van der Waals surface area contributed by atoms with E-state index in [9.17, 15) is 0 Å². The van der Waals surface area contributed by atoms with E-state index in [-0.39, 0.29) is 0 Å². The van der Waals surface area contributed by atoms with Crippen molar-refractivity contribution in [2.75, 3.05) is 19.1 Å². The molecule has 0 amide bonds. The van der Waals surface area contributed by atoms with Crippen molar-refractivity contribution in [1.29, 1.82) is 0 Å². The Balaban J connectivity index is 2.37. The number of hydrogen-bond donors (Lipinski definition) is 0. The molecule has 0 N–H and O–H groups in total. The lowest BCUT2D eigenvalue weighted by Crippen LogP contribution is -2.26. The van der Waals surface area contributed by atoms with Crippen molar-refractivity contribution in [3.8, 4) is 0 Å². The lowest BCUT2D eigenvalue weighted by Gasteiger charge is -2.33. The average molecular weight is 219 g/mol. The van der Waals surface area contributed by atoms with Crippen LogP contribution in [0.25, 0.3) is 0 Å². The van der Waals surface area contributed by atoms with E-state index in [1.54, 1.807) is 0 Å². The summed E-state index contributed by atoms with van der Waals surface area (Å²) in [6.07, 6.45) is 6.25. The summed E-state index contributed by atoms with van der Waals surface area (Å²) in [6, 6.07) is 0. The largest absolute Gasteiger partial charge is 0.381 e. The molecule has 1 rings (SSSR count). The number of halogens is 1. The maximum Gasteiger partial charge on any atom is 0.0468 e. The summed E-state index contributed by atoms with van der Waals surface area (Å²) in [7, 11) is 0. The maximum absolute atomic E-state index is 6.08. The van der Waals surface area contributed by atoms with E-state index in [1.165, 1.54) is 32.1 Å². The molecule has 1 aliphatic rings. The Morgan fingerprint density at radius 3 is 2.50 bits per heavy atom. The molecule has 0 saturated carbocycles. The summed E-state index contributed by atoms with van der Waals surface area (Å²) >= 11 is 6.08. The fraction of sp³-hybridized carbons (Fsp3) is 1.00. The van der Waals surface area contributed by atoms with Gasteiger partial charge in [0.2, 0.25) is 0 Å². The molecule has 1 aliphatic heterocycles. The summed E-state index contributed by atoms with van der Waals surface area (Å²) < 4.78 is 5.37. The zero-order valence-corrected chi connectivity index (χ0v) is 10.3. The van der Waals surface area contributed by atoms with Gasteiger partial charge in [-0.25, -0.2) is 0 Å². The molecule has 1 atom stereocenters. The predicted molar refractivity (Wildman–Crippen MR) is 61.9 cm³/mol. The molecular formula is C12H23ClO. The predicted octanol–water partition coefficient (Wildman–Crippen LogP) is 3.85. The fourth-order valence-corrected chi connectivity index (χ4v) is 2.72. The van der Waals surface area contributed by atoms with Crippen molar-refractivity contribution in [2.45, 2.75) is 46.0 Å². The highest BCUT2D eigenvalue weighted by molar-refractivity contribution is 6.18. The molecule has 1 nitrogen and oxygen atoms in total. The summed E-state index contributed by atoms with van der Waals surface area (Å²) in [4.78, 5) is 0. The highest BCUT2D eigenvalue weighted by Gasteiger charge is 2.27. The van der Waals surface area contributed by atoms with Gasteiger partial charge in [-0.3, -0.25) is 0 Å². The average Bonchev–Trinajstić information content (AvgIpc) is 2.20. The van der Waals surface area contributed by atoms with E-state index in [4.69, 9.17) is 16.3 Å². The van der Waals surface area contributed by atoms with Gasteiger partial charge < -0.3 is 4.74 Å².